The lowest BCUT2D eigenvalue weighted by Gasteiger charge is -2.61. The number of likely N-dealkylation sites (tertiary alicyclic amines) is 1. The number of nitrogens with zero attached hydrogens (tertiary/aromatic N) is 1. The number of amides is 1. The number of carbonyl (C=O) groups is 3. The van der Waals surface area contributed by atoms with Gasteiger partial charge in [0.1, 0.15) is 11.4 Å². The maximum Gasteiger partial charge on any atom is 0.407 e. The van der Waals surface area contributed by atoms with Crippen LogP contribution in [0.4, 0.5) is 4.79 Å². The molecule has 11 nitrogen and oxygen atoms in total. The summed E-state index contributed by atoms with van der Waals surface area (Å²) in [6, 6.07) is 12.4. The average molecular weight is 621 g/mol. The predicted octanol–water partition coefficient (Wildman–Crippen LogP) is 3.72. The summed E-state index contributed by atoms with van der Waals surface area (Å²) >= 11 is 0. The average Bonchev–Trinajstić information content (AvgIpc) is 3.34. The summed E-state index contributed by atoms with van der Waals surface area (Å²) in [5.41, 5.74) is -0.254. The van der Waals surface area contributed by atoms with Crippen molar-refractivity contribution in [3.8, 4) is 11.5 Å². The number of ether oxygens (including phenoxy) is 5. The largest absolute Gasteiger partial charge is 0.493 e. The maximum atomic E-state index is 13.9. The van der Waals surface area contributed by atoms with Crippen LogP contribution >= 0.6 is 0 Å². The molecule has 0 unspecified atom stereocenters. The van der Waals surface area contributed by atoms with Crippen LogP contribution in [-0.2, 0) is 35.6 Å². The van der Waals surface area contributed by atoms with Gasteiger partial charge in [-0.1, -0.05) is 36.4 Å². The molecule has 240 valence electrons. The third-order valence-corrected chi connectivity index (χ3v) is 9.34. The number of piperidine rings is 1. The molecule has 1 fully saturated rings. The number of benzene rings is 2. The minimum Gasteiger partial charge on any atom is -0.493 e. The molecular weight excluding hydrogens is 580 g/mol. The van der Waals surface area contributed by atoms with Gasteiger partial charge in [-0.05, 0) is 64.9 Å². The first-order valence-corrected chi connectivity index (χ1v) is 15.3. The van der Waals surface area contributed by atoms with Gasteiger partial charge in [-0.15, -0.1) is 0 Å². The van der Waals surface area contributed by atoms with Crippen LogP contribution in [0.5, 0.6) is 11.5 Å². The summed E-state index contributed by atoms with van der Waals surface area (Å²) in [4.78, 5) is 40.9. The number of rotatable bonds is 8. The Balaban J connectivity index is 1.25. The summed E-state index contributed by atoms with van der Waals surface area (Å²) in [6.07, 6.45) is 0.232. The van der Waals surface area contributed by atoms with Crippen LogP contribution in [0, 0.1) is 0 Å². The molecular formula is C34H40N2O9. The number of nitrogens with one attached hydrogen (secondary N) is 1. The van der Waals surface area contributed by atoms with E-state index in [2.05, 4.69) is 10.2 Å². The molecule has 45 heavy (non-hydrogen) atoms. The molecule has 1 saturated heterocycles. The number of methoxy groups -OCH3 is 1. The molecule has 2 aliphatic heterocycles. The molecule has 0 aromatic heterocycles. The molecule has 4 aliphatic rings. The van der Waals surface area contributed by atoms with Crippen molar-refractivity contribution in [2.45, 2.75) is 81.3 Å². The maximum absolute atomic E-state index is 13.9. The second-order valence-electron chi connectivity index (χ2n) is 13.2. The van der Waals surface area contributed by atoms with Crippen LogP contribution < -0.4 is 14.8 Å². The number of likely N-dealkylation sites (N-methyl/N-ethyl adjacent to an activating group) is 1. The Labute approximate surface area is 262 Å². The van der Waals surface area contributed by atoms with Gasteiger partial charge in [0.15, 0.2) is 17.6 Å². The zero-order valence-corrected chi connectivity index (χ0v) is 26.3. The van der Waals surface area contributed by atoms with Crippen molar-refractivity contribution < 1.29 is 43.2 Å². The molecule has 0 radical (unpaired) electrons. The van der Waals surface area contributed by atoms with Crippen molar-refractivity contribution in [1.82, 2.24) is 10.2 Å². The molecule has 2 aliphatic carbocycles. The molecule has 11 heteroatoms. The quantitative estimate of drug-likeness (QED) is 0.332. The fourth-order valence-corrected chi connectivity index (χ4v) is 7.41. The third kappa shape index (κ3) is 5.21. The number of alkyl carbamates (subject to hydrolysis) is 1. The van der Waals surface area contributed by atoms with E-state index in [0.717, 1.165) is 17.7 Å². The second-order valence-corrected chi connectivity index (χ2v) is 13.2. The van der Waals surface area contributed by atoms with Crippen molar-refractivity contribution in [2.24, 2.45) is 0 Å². The molecule has 2 heterocycles. The van der Waals surface area contributed by atoms with E-state index in [4.69, 9.17) is 23.7 Å². The van der Waals surface area contributed by atoms with Gasteiger partial charge in [0.05, 0.1) is 24.5 Å². The van der Waals surface area contributed by atoms with Crippen molar-refractivity contribution in [3.05, 3.63) is 71.0 Å². The first-order valence-electron chi connectivity index (χ1n) is 15.3. The van der Waals surface area contributed by atoms with E-state index in [1.165, 1.54) is 0 Å². The Hall–Kier alpha value is -4.09. The molecule has 2 aromatic carbocycles. The van der Waals surface area contributed by atoms with Crippen LogP contribution in [-0.4, -0.2) is 78.6 Å². The predicted molar refractivity (Wildman–Crippen MR) is 162 cm³/mol. The van der Waals surface area contributed by atoms with Crippen molar-refractivity contribution in [1.29, 1.82) is 0 Å². The van der Waals surface area contributed by atoms with Crippen LogP contribution in [0.25, 0.3) is 0 Å². The van der Waals surface area contributed by atoms with Crippen LogP contribution in [0.2, 0.25) is 0 Å². The van der Waals surface area contributed by atoms with Gasteiger partial charge in [-0.3, -0.25) is 4.79 Å². The summed E-state index contributed by atoms with van der Waals surface area (Å²) in [5, 5.41) is 15.0. The monoisotopic (exact) mass is 620 g/mol. The van der Waals surface area contributed by atoms with E-state index >= 15 is 0 Å². The lowest BCUT2D eigenvalue weighted by molar-refractivity contribution is -0.176. The van der Waals surface area contributed by atoms with Gasteiger partial charge in [-0.25, -0.2) is 9.59 Å². The van der Waals surface area contributed by atoms with Gasteiger partial charge in [0, 0.05) is 30.1 Å². The lowest BCUT2D eigenvalue weighted by atomic mass is 9.50. The van der Waals surface area contributed by atoms with Crippen molar-refractivity contribution >= 4 is 18.0 Å². The SMILES string of the molecule is COc1ccc2c3c1O[C@H]1C(OC(=O)[C@H](OC(=O)CCNC(=O)OC(C)(C)C)c4ccccc4)=CC[C@@]4(O)[C@H](C2)N(C)CC[C@]314. The topological polar surface area (TPSA) is 133 Å². The van der Waals surface area contributed by atoms with Crippen LogP contribution in [0.15, 0.2) is 54.3 Å². The Morgan fingerprint density at radius 2 is 1.91 bits per heavy atom. The molecule has 1 amide bonds. The number of aliphatic hydroxyl groups is 1. The minimum atomic E-state index is -1.37. The molecule has 2 N–H and O–H groups in total. The summed E-state index contributed by atoms with van der Waals surface area (Å²) in [7, 11) is 3.60. The third-order valence-electron chi connectivity index (χ3n) is 9.34. The lowest BCUT2D eigenvalue weighted by Crippen LogP contribution is -2.74. The van der Waals surface area contributed by atoms with E-state index in [1.807, 2.05) is 19.2 Å². The first-order chi connectivity index (χ1) is 21.4. The van der Waals surface area contributed by atoms with Crippen LogP contribution in [0.3, 0.4) is 0 Å². The van der Waals surface area contributed by atoms with E-state index < -0.39 is 46.9 Å². The number of esters is 2. The van der Waals surface area contributed by atoms with E-state index in [0.29, 0.717) is 29.9 Å². The zero-order chi connectivity index (χ0) is 32.1. The van der Waals surface area contributed by atoms with E-state index in [-0.39, 0.29) is 31.2 Å². The Kier molecular flexibility index (Phi) is 7.81. The molecule has 6 rings (SSSR count). The Bertz CT molecular complexity index is 1530. The van der Waals surface area contributed by atoms with Crippen molar-refractivity contribution in [3.63, 3.8) is 0 Å². The van der Waals surface area contributed by atoms with Gasteiger partial charge in [0.2, 0.25) is 6.10 Å². The minimum absolute atomic E-state index is 0.0372. The molecule has 0 saturated carbocycles. The second kappa shape index (κ2) is 11.4. The normalized spacial score (nSPS) is 26.8. The number of hydrogen-bond donors (Lipinski definition) is 2. The summed E-state index contributed by atoms with van der Waals surface area (Å²) in [6.45, 7) is 5.91. The van der Waals surface area contributed by atoms with Gasteiger partial charge < -0.3 is 39.0 Å². The highest BCUT2D eigenvalue weighted by molar-refractivity contribution is 5.82. The standard InChI is InChI=1S/C34H40N2O9/c1-32(2,3)45-31(39)35-17-14-25(37)43-27(20-9-7-6-8-10-20)30(38)42-23-13-15-34(40)24-19-21-11-12-22(41-5)28-26(21)33(34,29(23)44-28)16-18-36(24)4/h6-13,24,27,29,40H,14-19H2,1-5H3,(H,35,39)/t24-,27+,29-,33-,34+/m0/s1. The summed E-state index contributed by atoms with van der Waals surface area (Å²) in [5.74, 6) is -0.114. The fraction of sp³-hybridized carbons (Fsp3) is 0.500. The molecule has 1 spiro atoms. The van der Waals surface area contributed by atoms with Gasteiger partial charge in [0.25, 0.3) is 0 Å². The molecule has 5 atom stereocenters. The fourth-order valence-electron chi connectivity index (χ4n) is 7.41. The molecule has 2 bridgehead atoms. The zero-order valence-electron chi connectivity index (χ0n) is 26.3. The number of carbonyl (C=O) groups excluding carboxylic acids is 3. The summed E-state index contributed by atoms with van der Waals surface area (Å²) < 4.78 is 29.1. The van der Waals surface area contributed by atoms with Gasteiger partial charge in [-0.2, -0.15) is 0 Å². The smallest absolute Gasteiger partial charge is 0.407 e. The Morgan fingerprint density at radius 3 is 2.62 bits per heavy atom. The van der Waals surface area contributed by atoms with Crippen molar-refractivity contribution in [2.75, 3.05) is 27.2 Å². The Morgan fingerprint density at radius 1 is 1.16 bits per heavy atom. The number of hydrogen-bond acceptors (Lipinski definition) is 10. The van der Waals surface area contributed by atoms with Crippen LogP contribution in [0.1, 0.15) is 62.8 Å². The first kappa shape index (κ1) is 30.9. The highest BCUT2D eigenvalue weighted by Crippen LogP contribution is 2.65. The highest BCUT2D eigenvalue weighted by atomic mass is 16.6. The van der Waals surface area contributed by atoms with Gasteiger partial charge >= 0.3 is 18.0 Å². The van der Waals surface area contributed by atoms with E-state index in [9.17, 15) is 19.5 Å². The van der Waals surface area contributed by atoms with E-state index in [1.54, 1.807) is 64.3 Å². The highest BCUT2D eigenvalue weighted by Gasteiger charge is 2.72. The molecule has 2 aromatic rings.